The maximum absolute atomic E-state index is 5.78. The first-order chi connectivity index (χ1) is 8.71. The van der Waals surface area contributed by atoms with Gasteiger partial charge in [0, 0.05) is 13.1 Å². The topological polar surface area (TPSA) is 77.8 Å². The van der Waals surface area contributed by atoms with Gasteiger partial charge in [0.25, 0.3) is 0 Å². The summed E-state index contributed by atoms with van der Waals surface area (Å²) in [5, 5.41) is 7.11. The molecular weight excluding hydrogens is 256 g/mol. The van der Waals surface area contributed by atoms with Crippen molar-refractivity contribution in [1.82, 2.24) is 24.7 Å². The maximum Gasteiger partial charge on any atom is 0.328 e. The highest BCUT2D eigenvalue weighted by atomic mass is 35.5. The normalized spacial score (nSPS) is 10.4. The van der Waals surface area contributed by atoms with Gasteiger partial charge in [-0.3, -0.25) is 4.68 Å². The minimum absolute atomic E-state index is 0.0823. The van der Waals surface area contributed by atoms with Crippen LogP contribution in [0.1, 0.15) is 13.8 Å². The molecule has 0 amide bonds. The van der Waals surface area contributed by atoms with Crippen LogP contribution in [0, 0.1) is 0 Å². The fourth-order valence-electron chi connectivity index (χ4n) is 1.29. The first-order valence-electron chi connectivity index (χ1n) is 5.57. The summed E-state index contributed by atoms with van der Waals surface area (Å²) in [5.41, 5.74) is 0. The van der Waals surface area contributed by atoms with E-state index in [2.05, 4.69) is 25.4 Å². The molecule has 0 spiro atoms. The number of nitrogens with zero attached hydrogens (tertiary/aromatic N) is 5. The zero-order valence-corrected chi connectivity index (χ0v) is 10.8. The third kappa shape index (κ3) is 3.07. The lowest BCUT2D eigenvalue weighted by atomic mass is 10.6. The van der Waals surface area contributed by atoms with E-state index in [0.717, 1.165) is 6.54 Å². The van der Waals surface area contributed by atoms with E-state index in [1.807, 2.05) is 13.8 Å². The molecule has 1 N–H and O–H groups in total. The highest BCUT2D eigenvalue weighted by Crippen LogP contribution is 2.19. The molecule has 7 nitrogen and oxygen atoms in total. The van der Waals surface area contributed by atoms with Crippen molar-refractivity contribution in [2.24, 2.45) is 0 Å². The van der Waals surface area contributed by atoms with Gasteiger partial charge in [0.15, 0.2) is 5.75 Å². The zero-order chi connectivity index (χ0) is 13.0. The van der Waals surface area contributed by atoms with Crippen LogP contribution >= 0.6 is 11.6 Å². The summed E-state index contributed by atoms with van der Waals surface area (Å²) in [4.78, 5) is 11.9. The van der Waals surface area contributed by atoms with Crippen LogP contribution in [-0.2, 0) is 6.54 Å². The summed E-state index contributed by atoms with van der Waals surface area (Å²) < 4.78 is 7.20. The predicted molar refractivity (Wildman–Crippen MR) is 67.0 cm³/mol. The van der Waals surface area contributed by atoms with Gasteiger partial charge >= 0.3 is 6.01 Å². The third-order valence-corrected chi connectivity index (χ3v) is 2.23. The lowest BCUT2D eigenvalue weighted by molar-refractivity contribution is 0.439. The van der Waals surface area contributed by atoms with Crippen molar-refractivity contribution < 1.29 is 4.74 Å². The van der Waals surface area contributed by atoms with Crippen LogP contribution in [0.25, 0.3) is 0 Å². The van der Waals surface area contributed by atoms with Crippen molar-refractivity contribution in [3.8, 4) is 11.8 Å². The molecule has 2 rings (SSSR count). The van der Waals surface area contributed by atoms with Gasteiger partial charge in [0.1, 0.15) is 0 Å². The average Bonchev–Trinajstić information content (AvgIpc) is 2.76. The second-order valence-corrected chi connectivity index (χ2v) is 3.71. The molecule has 0 atom stereocenters. The van der Waals surface area contributed by atoms with E-state index >= 15 is 0 Å². The van der Waals surface area contributed by atoms with Gasteiger partial charge in [-0.05, 0) is 25.4 Å². The minimum Gasteiger partial charge on any atom is -0.421 e. The SMILES string of the molecule is CCNc1nc(Cl)nc(Oc2cnn(CC)c2)n1. The van der Waals surface area contributed by atoms with Gasteiger partial charge in [0.05, 0.1) is 12.4 Å². The van der Waals surface area contributed by atoms with Crippen LogP contribution in [0.2, 0.25) is 5.28 Å². The first kappa shape index (κ1) is 12.6. The van der Waals surface area contributed by atoms with Crippen molar-refractivity contribution in [2.75, 3.05) is 11.9 Å². The average molecular weight is 269 g/mol. The lowest BCUT2D eigenvalue weighted by Crippen LogP contribution is -2.04. The first-order valence-corrected chi connectivity index (χ1v) is 5.94. The molecule has 0 aliphatic heterocycles. The van der Waals surface area contributed by atoms with Crippen molar-refractivity contribution in [1.29, 1.82) is 0 Å². The second kappa shape index (κ2) is 5.63. The van der Waals surface area contributed by atoms with Crippen LogP contribution in [0.15, 0.2) is 12.4 Å². The number of halogens is 1. The Hall–Kier alpha value is -1.89. The van der Waals surface area contributed by atoms with Crippen molar-refractivity contribution in [2.45, 2.75) is 20.4 Å². The molecule has 0 aromatic carbocycles. The summed E-state index contributed by atoms with van der Waals surface area (Å²) in [6.45, 7) is 5.38. The Labute approximate surface area is 109 Å². The Bertz CT molecular complexity index is 529. The number of ether oxygens (including phenoxy) is 1. The Morgan fingerprint density at radius 3 is 2.83 bits per heavy atom. The fraction of sp³-hybridized carbons (Fsp3) is 0.400. The molecule has 8 heteroatoms. The van der Waals surface area contributed by atoms with E-state index in [0.29, 0.717) is 18.2 Å². The Morgan fingerprint density at radius 1 is 1.33 bits per heavy atom. The van der Waals surface area contributed by atoms with Crippen LogP contribution in [0.5, 0.6) is 11.8 Å². The van der Waals surface area contributed by atoms with Gasteiger partial charge in [-0.25, -0.2) is 0 Å². The van der Waals surface area contributed by atoms with E-state index in [1.165, 1.54) is 0 Å². The van der Waals surface area contributed by atoms with Gasteiger partial charge in [-0.2, -0.15) is 20.1 Å². The molecular formula is C10H13ClN6O. The van der Waals surface area contributed by atoms with Crippen LogP contribution in [-0.4, -0.2) is 31.3 Å². The predicted octanol–water partition coefficient (Wildman–Crippen LogP) is 1.97. The summed E-state index contributed by atoms with van der Waals surface area (Å²) in [5.74, 6) is 0.942. The van der Waals surface area contributed by atoms with Gasteiger partial charge in [-0.15, -0.1) is 0 Å². The van der Waals surface area contributed by atoms with E-state index in [1.54, 1.807) is 17.1 Å². The van der Waals surface area contributed by atoms with E-state index in [4.69, 9.17) is 16.3 Å². The van der Waals surface area contributed by atoms with Crippen molar-refractivity contribution in [3.63, 3.8) is 0 Å². The highest BCUT2D eigenvalue weighted by molar-refractivity contribution is 6.28. The van der Waals surface area contributed by atoms with Gasteiger partial charge in [0.2, 0.25) is 11.2 Å². The molecule has 2 heterocycles. The number of rotatable bonds is 5. The summed E-state index contributed by atoms with van der Waals surface area (Å²) >= 11 is 5.78. The molecule has 0 fully saturated rings. The second-order valence-electron chi connectivity index (χ2n) is 3.37. The molecule has 2 aromatic heterocycles. The summed E-state index contributed by atoms with van der Waals surface area (Å²) in [6.07, 6.45) is 3.35. The number of hydrogen-bond donors (Lipinski definition) is 1. The monoisotopic (exact) mass is 268 g/mol. The highest BCUT2D eigenvalue weighted by Gasteiger charge is 2.07. The molecule has 0 saturated heterocycles. The standard InChI is InChI=1S/C10H13ClN6O/c1-3-12-9-14-8(11)15-10(16-9)18-7-5-13-17(4-2)6-7/h5-6H,3-4H2,1-2H3,(H,12,14,15,16). The molecule has 0 bridgehead atoms. The van der Waals surface area contributed by atoms with Gasteiger partial charge < -0.3 is 10.1 Å². The quantitative estimate of drug-likeness (QED) is 0.893. The van der Waals surface area contributed by atoms with Crippen LogP contribution in [0.4, 0.5) is 5.95 Å². The number of nitrogens with one attached hydrogen (secondary N) is 1. The van der Waals surface area contributed by atoms with Crippen molar-refractivity contribution in [3.05, 3.63) is 17.7 Å². The van der Waals surface area contributed by atoms with E-state index in [9.17, 15) is 0 Å². The summed E-state index contributed by atoms with van der Waals surface area (Å²) in [7, 11) is 0. The Balaban J connectivity index is 2.17. The molecule has 2 aromatic rings. The Kier molecular flexibility index (Phi) is 3.93. The molecule has 0 aliphatic carbocycles. The Morgan fingerprint density at radius 2 is 2.17 bits per heavy atom. The molecule has 18 heavy (non-hydrogen) atoms. The van der Waals surface area contributed by atoms with E-state index in [-0.39, 0.29) is 11.3 Å². The number of aromatic nitrogens is 5. The van der Waals surface area contributed by atoms with Crippen molar-refractivity contribution >= 4 is 17.5 Å². The van der Waals surface area contributed by atoms with E-state index < -0.39 is 0 Å². The zero-order valence-electron chi connectivity index (χ0n) is 10.1. The summed E-state index contributed by atoms with van der Waals surface area (Å²) in [6, 6.07) is 0.140. The third-order valence-electron chi connectivity index (χ3n) is 2.07. The number of hydrogen-bond acceptors (Lipinski definition) is 6. The number of anilines is 1. The lowest BCUT2D eigenvalue weighted by Gasteiger charge is -2.04. The fourth-order valence-corrected chi connectivity index (χ4v) is 1.44. The smallest absolute Gasteiger partial charge is 0.328 e. The molecule has 0 radical (unpaired) electrons. The number of aryl methyl sites for hydroxylation is 1. The molecule has 0 unspecified atom stereocenters. The van der Waals surface area contributed by atoms with Crippen LogP contribution < -0.4 is 10.1 Å². The molecule has 96 valence electrons. The van der Waals surface area contributed by atoms with Crippen LogP contribution in [0.3, 0.4) is 0 Å². The maximum atomic E-state index is 5.78. The van der Waals surface area contributed by atoms with Gasteiger partial charge in [-0.1, -0.05) is 0 Å². The molecule has 0 aliphatic rings. The largest absolute Gasteiger partial charge is 0.421 e. The molecule has 0 saturated carbocycles. The minimum atomic E-state index is 0.0823.